The van der Waals surface area contributed by atoms with E-state index in [1.165, 1.54) is 0 Å². The lowest BCUT2D eigenvalue weighted by molar-refractivity contribution is 0.101. The highest BCUT2D eigenvalue weighted by Gasteiger charge is 2.12. The molecule has 0 aliphatic heterocycles. The summed E-state index contributed by atoms with van der Waals surface area (Å²) < 4.78 is 2.53. The predicted octanol–water partition coefficient (Wildman–Crippen LogP) is 4.03. The van der Waals surface area contributed by atoms with E-state index in [0.717, 1.165) is 16.9 Å². The number of carbonyl (C=O) groups is 1. The second-order valence-electron chi connectivity index (χ2n) is 4.38. The van der Waals surface area contributed by atoms with E-state index in [9.17, 15) is 4.79 Å². The van der Waals surface area contributed by atoms with Crippen LogP contribution in [0.25, 0.3) is 5.69 Å². The van der Waals surface area contributed by atoms with Gasteiger partial charge in [-0.15, -0.1) is 0 Å². The molecule has 0 saturated carbocycles. The fourth-order valence-electron chi connectivity index (χ4n) is 2.22. The Bertz CT molecular complexity index is 656. The minimum atomic E-state index is 0.0159. The van der Waals surface area contributed by atoms with Gasteiger partial charge in [0.05, 0.1) is 5.56 Å². The number of hydrogen-bond acceptors (Lipinski definition) is 2. The number of carbonyl (C=O) groups excluding carboxylic acids is 1. The zero-order valence-corrected chi connectivity index (χ0v) is 11.5. The number of nitrogens with zero attached hydrogens (tertiary/aromatic N) is 1. The van der Waals surface area contributed by atoms with Gasteiger partial charge in [0.2, 0.25) is 0 Å². The monoisotopic (exact) mass is 257 g/mol. The van der Waals surface area contributed by atoms with E-state index >= 15 is 0 Å². The predicted molar refractivity (Wildman–Crippen MR) is 76.1 cm³/mol. The molecular weight excluding hydrogens is 242 g/mol. The fraction of sp³-hybridized carbons (Fsp3) is 0.200. The summed E-state index contributed by atoms with van der Waals surface area (Å²) in [6.45, 7) is 5.48. The van der Waals surface area contributed by atoms with Gasteiger partial charge < -0.3 is 4.57 Å². The molecule has 0 saturated heterocycles. The Morgan fingerprint density at radius 2 is 1.78 bits per heavy atom. The van der Waals surface area contributed by atoms with E-state index in [4.69, 9.17) is 12.2 Å². The van der Waals surface area contributed by atoms with Crippen LogP contribution in [0.1, 0.15) is 28.5 Å². The number of benzene rings is 1. The molecule has 0 unspecified atom stereocenters. The van der Waals surface area contributed by atoms with Gasteiger partial charge >= 0.3 is 0 Å². The zero-order valence-electron chi connectivity index (χ0n) is 10.7. The van der Waals surface area contributed by atoms with Crippen molar-refractivity contribution >= 4 is 18.0 Å². The van der Waals surface area contributed by atoms with E-state index in [-0.39, 0.29) is 5.78 Å². The average molecular weight is 257 g/mol. The van der Waals surface area contributed by atoms with Crippen molar-refractivity contribution in [2.45, 2.75) is 20.8 Å². The summed E-state index contributed by atoms with van der Waals surface area (Å²) in [4.78, 5) is 11.7. The first-order valence-electron chi connectivity index (χ1n) is 5.82. The highest BCUT2D eigenvalue weighted by atomic mass is 32.1. The molecule has 2 aromatic rings. The Hall–Kier alpha value is -1.74. The van der Waals surface area contributed by atoms with Crippen LogP contribution in [0.5, 0.6) is 0 Å². The molecule has 0 bridgehead atoms. The van der Waals surface area contributed by atoms with Gasteiger partial charge in [0.25, 0.3) is 0 Å². The van der Waals surface area contributed by atoms with Crippen molar-refractivity contribution in [1.82, 2.24) is 4.57 Å². The van der Waals surface area contributed by atoms with Gasteiger partial charge in [-0.2, -0.15) is 0 Å². The Morgan fingerprint density at radius 3 is 2.33 bits per heavy atom. The highest BCUT2D eigenvalue weighted by molar-refractivity contribution is 7.71. The summed E-state index contributed by atoms with van der Waals surface area (Å²) in [5.41, 5.74) is 3.60. The normalized spacial score (nSPS) is 10.4. The molecule has 0 N–H and O–H groups in total. The van der Waals surface area contributed by atoms with Crippen LogP contribution in [-0.2, 0) is 0 Å². The minimum absolute atomic E-state index is 0.0159. The minimum Gasteiger partial charge on any atom is -0.305 e. The first-order chi connectivity index (χ1) is 8.52. The highest BCUT2D eigenvalue weighted by Crippen LogP contribution is 2.19. The first-order valence-corrected chi connectivity index (χ1v) is 6.23. The van der Waals surface area contributed by atoms with Gasteiger partial charge in [0.15, 0.2) is 5.78 Å². The molecule has 18 heavy (non-hydrogen) atoms. The Kier molecular flexibility index (Phi) is 3.43. The SMILES string of the molecule is CC(=O)c1c(C)cc(C)n(-c2ccccc2)c1=S. The maximum absolute atomic E-state index is 11.7. The van der Waals surface area contributed by atoms with Gasteiger partial charge in [0, 0.05) is 11.4 Å². The molecule has 1 aromatic heterocycles. The number of pyridine rings is 1. The van der Waals surface area contributed by atoms with E-state index in [2.05, 4.69) is 0 Å². The molecule has 0 atom stereocenters. The van der Waals surface area contributed by atoms with Crippen LogP contribution in [0, 0.1) is 18.5 Å². The number of aromatic nitrogens is 1. The summed E-state index contributed by atoms with van der Waals surface area (Å²) in [7, 11) is 0. The molecular formula is C15H15NOS. The molecule has 0 spiro atoms. The maximum atomic E-state index is 11.7. The van der Waals surface area contributed by atoms with Gasteiger partial charge in [-0.1, -0.05) is 30.4 Å². The van der Waals surface area contributed by atoms with Crippen molar-refractivity contribution in [3.63, 3.8) is 0 Å². The van der Waals surface area contributed by atoms with E-state index in [0.29, 0.717) is 10.2 Å². The van der Waals surface area contributed by atoms with Crippen LogP contribution in [0.4, 0.5) is 0 Å². The summed E-state index contributed by atoms with van der Waals surface area (Å²) in [5.74, 6) is 0.0159. The van der Waals surface area contributed by atoms with Crippen LogP contribution >= 0.6 is 12.2 Å². The maximum Gasteiger partial charge on any atom is 0.163 e. The lowest BCUT2D eigenvalue weighted by atomic mass is 10.1. The third kappa shape index (κ3) is 2.14. The summed E-state index contributed by atoms with van der Waals surface area (Å²) in [5, 5.41) is 0. The molecule has 0 amide bonds. The van der Waals surface area contributed by atoms with Crippen molar-refractivity contribution < 1.29 is 4.79 Å². The van der Waals surface area contributed by atoms with Gasteiger partial charge in [-0.25, -0.2) is 0 Å². The number of hydrogen-bond donors (Lipinski definition) is 0. The van der Waals surface area contributed by atoms with Crippen molar-refractivity contribution in [3.05, 3.63) is 57.9 Å². The van der Waals surface area contributed by atoms with Crippen LogP contribution in [0.2, 0.25) is 0 Å². The second kappa shape index (κ2) is 4.86. The molecule has 2 rings (SSSR count). The van der Waals surface area contributed by atoms with E-state index < -0.39 is 0 Å². The van der Waals surface area contributed by atoms with Crippen LogP contribution < -0.4 is 0 Å². The van der Waals surface area contributed by atoms with Crippen molar-refractivity contribution in [3.8, 4) is 5.69 Å². The van der Waals surface area contributed by atoms with Gasteiger partial charge in [-0.05, 0) is 44.5 Å². The van der Waals surface area contributed by atoms with Crippen LogP contribution in [-0.4, -0.2) is 10.4 Å². The summed E-state index contributed by atoms with van der Waals surface area (Å²) >= 11 is 5.47. The molecule has 2 nitrogen and oxygen atoms in total. The smallest absolute Gasteiger partial charge is 0.163 e. The van der Waals surface area contributed by atoms with E-state index in [1.807, 2.05) is 54.8 Å². The third-order valence-electron chi connectivity index (χ3n) is 2.96. The Labute approximate surface area is 112 Å². The quantitative estimate of drug-likeness (QED) is 0.598. The lowest BCUT2D eigenvalue weighted by Gasteiger charge is -2.15. The standard InChI is InChI=1S/C15H15NOS/c1-10-9-11(2)16(13-7-5-4-6-8-13)15(18)14(10)12(3)17/h4-9H,1-3H3. The third-order valence-corrected chi connectivity index (χ3v) is 3.34. The average Bonchev–Trinajstić information content (AvgIpc) is 2.28. The molecule has 0 aliphatic rings. The first kappa shape index (κ1) is 12.7. The molecule has 1 aromatic carbocycles. The van der Waals surface area contributed by atoms with E-state index in [1.54, 1.807) is 6.92 Å². The molecule has 0 radical (unpaired) electrons. The lowest BCUT2D eigenvalue weighted by Crippen LogP contribution is -2.09. The van der Waals surface area contributed by atoms with Crippen molar-refractivity contribution in [2.75, 3.05) is 0 Å². The van der Waals surface area contributed by atoms with Crippen molar-refractivity contribution in [2.24, 2.45) is 0 Å². The summed E-state index contributed by atoms with van der Waals surface area (Å²) in [6, 6.07) is 11.9. The molecule has 1 heterocycles. The number of Topliss-reactive ketones (excluding diaryl/α,β-unsaturated/α-hetero) is 1. The number of rotatable bonds is 2. The molecule has 92 valence electrons. The van der Waals surface area contributed by atoms with Crippen LogP contribution in [0.15, 0.2) is 36.4 Å². The molecule has 0 aliphatic carbocycles. The zero-order chi connectivity index (χ0) is 13.3. The Morgan fingerprint density at radius 1 is 1.17 bits per heavy atom. The van der Waals surface area contributed by atoms with Gasteiger partial charge in [0.1, 0.15) is 4.64 Å². The number of ketones is 1. The van der Waals surface area contributed by atoms with Crippen LogP contribution in [0.3, 0.4) is 0 Å². The summed E-state index contributed by atoms with van der Waals surface area (Å²) in [6.07, 6.45) is 0. The molecule has 0 fully saturated rings. The molecule has 3 heteroatoms. The van der Waals surface area contributed by atoms with Crippen molar-refractivity contribution in [1.29, 1.82) is 0 Å². The topological polar surface area (TPSA) is 22.0 Å². The second-order valence-corrected chi connectivity index (χ2v) is 4.76. The Balaban J connectivity index is 2.81. The van der Waals surface area contributed by atoms with Gasteiger partial charge in [-0.3, -0.25) is 4.79 Å². The number of aryl methyl sites for hydroxylation is 2. The fourth-order valence-corrected chi connectivity index (χ4v) is 2.77. The number of para-hydroxylation sites is 1. The largest absolute Gasteiger partial charge is 0.305 e.